The first-order valence-electron chi connectivity index (χ1n) is 10.5. The lowest BCUT2D eigenvalue weighted by atomic mass is 9.98. The number of nitrogens with one attached hydrogen (secondary N) is 1. The maximum Gasteiger partial charge on any atom is 0.174 e. The first kappa shape index (κ1) is 20.6. The molecule has 0 amide bonds. The summed E-state index contributed by atoms with van der Waals surface area (Å²) in [5.41, 5.74) is 4.67. The topological polar surface area (TPSA) is 33.1 Å². The number of thiocarbonyl (C=S) groups is 1. The van der Waals surface area contributed by atoms with Gasteiger partial charge in [0.2, 0.25) is 0 Å². The van der Waals surface area contributed by atoms with Gasteiger partial charge in [0.05, 0.1) is 17.8 Å². The van der Waals surface area contributed by atoms with Crippen molar-refractivity contribution in [3.05, 3.63) is 83.9 Å². The van der Waals surface area contributed by atoms with E-state index in [9.17, 15) is 0 Å². The Kier molecular flexibility index (Phi) is 5.41. The van der Waals surface area contributed by atoms with E-state index in [0.717, 1.165) is 16.5 Å². The minimum atomic E-state index is -0.0145. The van der Waals surface area contributed by atoms with Gasteiger partial charge in [-0.15, -0.1) is 0 Å². The van der Waals surface area contributed by atoms with Gasteiger partial charge in [-0.1, -0.05) is 32.0 Å². The molecule has 0 radical (unpaired) electrons. The Labute approximate surface area is 184 Å². The molecular weight excluding hydrogens is 388 g/mol. The van der Waals surface area contributed by atoms with Gasteiger partial charge in [-0.05, 0) is 80.4 Å². The van der Waals surface area contributed by atoms with Crippen molar-refractivity contribution in [3.8, 4) is 0 Å². The van der Waals surface area contributed by atoms with Crippen molar-refractivity contribution in [3.63, 3.8) is 0 Å². The lowest BCUT2D eigenvalue weighted by molar-refractivity contribution is 0.397. The van der Waals surface area contributed by atoms with Crippen LogP contribution in [0.1, 0.15) is 69.4 Å². The second-order valence-electron chi connectivity index (χ2n) is 9.27. The summed E-state index contributed by atoms with van der Waals surface area (Å²) in [6.45, 7) is 11.1. The van der Waals surface area contributed by atoms with Crippen molar-refractivity contribution < 1.29 is 0 Å². The minimum absolute atomic E-state index is 0.0145. The van der Waals surface area contributed by atoms with Crippen molar-refractivity contribution >= 4 is 23.0 Å². The number of anilines is 1. The summed E-state index contributed by atoms with van der Waals surface area (Å²) in [5.74, 6) is 0.501. The summed E-state index contributed by atoms with van der Waals surface area (Å²) in [7, 11) is 0. The molecule has 156 valence electrons. The van der Waals surface area contributed by atoms with E-state index in [1.54, 1.807) is 0 Å². The van der Waals surface area contributed by atoms with Gasteiger partial charge in [0.25, 0.3) is 0 Å². The monoisotopic (exact) mass is 418 g/mol. The third-order valence-electron chi connectivity index (χ3n) is 5.77. The Morgan fingerprint density at radius 2 is 1.77 bits per heavy atom. The van der Waals surface area contributed by atoms with E-state index in [2.05, 4.69) is 103 Å². The van der Waals surface area contributed by atoms with Gasteiger partial charge < -0.3 is 14.8 Å². The molecule has 2 aromatic heterocycles. The Morgan fingerprint density at radius 3 is 2.33 bits per heavy atom. The molecule has 0 unspecified atom stereocenters. The Bertz CT molecular complexity index is 1020. The number of rotatable bonds is 4. The fourth-order valence-electron chi connectivity index (χ4n) is 4.00. The predicted octanol–water partition coefficient (Wildman–Crippen LogP) is 5.94. The lowest BCUT2D eigenvalue weighted by Crippen LogP contribution is -2.29. The Balaban J connectivity index is 1.79. The standard InChI is InChI=1S/C25H30N4S/c1-17(2)18-9-11-20(12-10-18)29-23(19-13-15-28(16-19)25(3,4)5)22(27-24(29)30)21-8-6-7-14-26-21/h6-17,22-23H,1-5H3,(H,27,30)/t22-,23-/m0/s1. The molecule has 30 heavy (non-hydrogen) atoms. The molecule has 3 aromatic rings. The van der Waals surface area contributed by atoms with Crippen LogP contribution in [0.2, 0.25) is 0 Å². The zero-order valence-electron chi connectivity index (χ0n) is 18.3. The third-order valence-corrected chi connectivity index (χ3v) is 6.08. The first-order valence-corrected chi connectivity index (χ1v) is 11.0. The van der Waals surface area contributed by atoms with Gasteiger partial charge in [-0.25, -0.2) is 0 Å². The van der Waals surface area contributed by atoms with E-state index in [1.807, 2.05) is 18.3 Å². The maximum absolute atomic E-state index is 5.82. The summed E-state index contributed by atoms with van der Waals surface area (Å²) < 4.78 is 2.26. The Hall–Kier alpha value is -2.66. The highest BCUT2D eigenvalue weighted by Gasteiger charge is 2.41. The normalized spacial score (nSPS) is 19.4. The molecule has 0 spiro atoms. The van der Waals surface area contributed by atoms with Crippen molar-refractivity contribution in [2.75, 3.05) is 4.90 Å². The SMILES string of the molecule is CC(C)c1ccc(N2C(=S)N[C@@H](c3ccccn3)[C@@H]2c2ccn(C(C)(C)C)c2)cc1. The predicted molar refractivity (Wildman–Crippen MR) is 128 cm³/mol. The van der Waals surface area contributed by atoms with E-state index in [1.165, 1.54) is 11.1 Å². The molecular formula is C25H30N4S. The van der Waals surface area contributed by atoms with Crippen molar-refractivity contribution in [2.45, 2.75) is 58.2 Å². The highest BCUT2D eigenvalue weighted by atomic mass is 32.1. The molecule has 4 rings (SSSR count). The Morgan fingerprint density at radius 1 is 1.03 bits per heavy atom. The van der Waals surface area contributed by atoms with Crippen LogP contribution in [0.5, 0.6) is 0 Å². The smallest absolute Gasteiger partial charge is 0.174 e. The quantitative estimate of drug-likeness (QED) is 0.532. The van der Waals surface area contributed by atoms with Crippen LogP contribution in [0.3, 0.4) is 0 Å². The number of hydrogen-bond acceptors (Lipinski definition) is 2. The van der Waals surface area contributed by atoms with Gasteiger partial charge >= 0.3 is 0 Å². The highest BCUT2D eigenvalue weighted by molar-refractivity contribution is 7.80. The number of aromatic nitrogens is 2. The average Bonchev–Trinajstić information content (AvgIpc) is 3.33. The lowest BCUT2D eigenvalue weighted by Gasteiger charge is -2.28. The van der Waals surface area contributed by atoms with Gasteiger partial charge in [0.1, 0.15) is 0 Å². The second-order valence-corrected chi connectivity index (χ2v) is 9.65. The summed E-state index contributed by atoms with van der Waals surface area (Å²) in [6.07, 6.45) is 6.25. The fourth-order valence-corrected chi connectivity index (χ4v) is 4.34. The fraction of sp³-hybridized carbons (Fsp3) is 0.360. The molecule has 2 atom stereocenters. The molecule has 1 saturated heterocycles. The molecule has 5 heteroatoms. The summed E-state index contributed by atoms with van der Waals surface area (Å²) >= 11 is 5.82. The zero-order valence-corrected chi connectivity index (χ0v) is 19.1. The first-order chi connectivity index (χ1) is 14.3. The van der Waals surface area contributed by atoms with Gasteiger partial charge in [0, 0.05) is 29.8 Å². The number of nitrogens with zero attached hydrogens (tertiary/aromatic N) is 3. The van der Waals surface area contributed by atoms with Crippen molar-refractivity contribution in [2.24, 2.45) is 0 Å². The van der Waals surface area contributed by atoms with Crippen LogP contribution >= 0.6 is 12.2 Å². The molecule has 1 aliphatic heterocycles. The van der Waals surface area contributed by atoms with E-state index >= 15 is 0 Å². The van der Waals surface area contributed by atoms with Crippen molar-refractivity contribution in [1.29, 1.82) is 0 Å². The van der Waals surface area contributed by atoms with E-state index in [4.69, 9.17) is 12.2 Å². The van der Waals surface area contributed by atoms with Crippen LogP contribution in [0.4, 0.5) is 5.69 Å². The van der Waals surface area contributed by atoms with E-state index in [-0.39, 0.29) is 17.6 Å². The number of benzene rings is 1. The van der Waals surface area contributed by atoms with Crippen LogP contribution in [0.25, 0.3) is 0 Å². The van der Waals surface area contributed by atoms with Gasteiger partial charge in [-0.3, -0.25) is 4.98 Å². The average molecular weight is 419 g/mol. The van der Waals surface area contributed by atoms with Gasteiger partial charge in [0.15, 0.2) is 5.11 Å². The molecule has 0 saturated carbocycles. The van der Waals surface area contributed by atoms with Crippen LogP contribution in [0, 0.1) is 0 Å². The zero-order chi connectivity index (χ0) is 21.5. The molecule has 3 heterocycles. The van der Waals surface area contributed by atoms with Crippen LogP contribution in [-0.4, -0.2) is 14.7 Å². The minimum Gasteiger partial charge on any atom is -0.351 e. The highest BCUT2D eigenvalue weighted by Crippen LogP contribution is 2.42. The number of pyridine rings is 1. The molecule has 0 bridgehead atoms. The second kappa shape index (κ2) is 7.88. The van der Waals surface area contributed by atoms with Crippen LogP contribution < -0.4 is 10.2 Å². The van der Waals surface area contributed by atoms with Crippen LogP contribution in [0.15, 0.2) is 67.1 Å². The molecule has 1 aromatic carbocycles. The summed E-state index contributed by atoms with van der Waals surface area (Å²) in [4.78, 5) is 6.87. The van der Waals surface area contributed by atoms with E-state index < -0.39 is 0 Å². The third kappa shape index (κ3) is 3.86. The van der Waals surface area contributed by atoms with Crippen molar-refractivity contribution in [1.82, 2.24) is 14.9 Å². The molecule has 4 nitrogen and oxygen atoms in total. The maximum atomic E-state index is 5.82. The molecule has 1 fully saturated rings. The van der Waals surface area contributed by atoms with Gasteiger partial charge in [-0.2, -0.15) is 0 Å². The molecule has 0 aliphatic carbocycles. The summed E-state index contributed by atoms with van der Waals surface area (Å²) in [5, 5.41) is 4.27. The molecule has 1 N–H and O–H groups in total. The summed E-state index contributed by atoms with van der Waals surface area (Å²) in [6, 6.07) is 17.0. The van der Waals surface area contributed by atoms with Crippen LogP contribution in [-0.2, 0) is 5.54 Å². The van der Waals surface area contributed by atoms with E-state index in [0.29, 0.717) is 5.92 Å². The molecule has 1 aliphatic rings. The largest absolute Gasteiger partial charge is 0.351 e. The number of hydrogen-bond donors (Lipinski definition) is 1.